The summed E-state index contributed by atoms with van der Waals surface area (Å²) < 4.78 is 0. The lowest BCUT2D eigenvalue weighted by molar-refractivity contribution is 0.0504. The summed E-state index contributed by atoms with van der Waals surface area (Å²) in [7, 11) is 0. The van der Waals surface area contributed by atoms with Crippen LogP contribution < -0.4 is 0 Å². The maximum Gasteiger partial charge on any atom is -0.0360 e. The molecule has 1 fully saturated rings. The lowest BCUT2D eigenvalue weighted by Crippen LogP contribution is -2.37. The zero-order valence-electron chi connectivity index (χ0n) is 10.2. The number of hydrogen-bond acceptors (Lipinski definition) is 0. The molecule has 1 rings (SSSR count). The van der Waals surface area contributed by atoms with Crippen molar-refractivity contribution in [3.63, 3.8) is 0 Å². The summed E-state index contributed by atoms with van der Waals surface area (Å²) in [5.41, 5.74) is 0. The van der Waals surface area contributed by atoms with Gasteiger partial charge in [0.25, 0.3) is 0 Å². The molecular formula is C13H26. The summed E-state index contributed by atoms with van der Waals surface area (Å²) in [5, 5.41) is 0. The highest BCUT2D eigenvalue weighted by Crippen LogP contribution is 2.44. The summed E-state index contributed by atoms with van der Waals surface area (Å²) in [6.07, 6.45) is 1.45. The van der Waals surface area contributed by atoms with Crippen LogP contribution in [0.2, 0.25) is 0 Å². The maximum atomic E-state index is 2.46. The minimum Gasteiger partial charge on any atom is -0.0625 e. The van der Waals surface area contributed by atoms with Crippen LogP contribution in [0, 0.1) is 35.5 Å². The molecule has 1 aliphatic carbocycles. The van der Waals surface area contributed by atoms with Gasteiger partial charge in [-0.15, -0.1) is 0 Å². The van der Waals surface area contributed by atoms with Crippen LogP contribution in [0.15, 0.2) is 0 Å². The maximum absolute atomic E-state index is 2.46. The van der Waals surface area contributed by atoms with Gasteiger partial charge in [-0.25, -0.2) is 0 Å². The van der Waals surface area contributed by atoms with Crippen molar-refractivity contribution in [1.82, 2.24) is 0 Å². The summed E-state index contributed by atoms with van der Waals surface area (Å²) in [4.78, 5) is 0. The fourth-order valence-corrected chi connectivity index (χ4v) is 3.12. The van der Waals surface area contributed by atoms with Crippen molar-refractivity contribution in [2.24, 2.45) is 35.5 Å². The van der Waals surface area contributed by atoms with E-state index in [1.165, 1.54) is 6.42 Å². The molecule has 5 atom stereocenters. The van der Waals surface area contributed by atoms with Gasteiger partial charge in [0.15, 0.2) is 0 Å². The second kappa shape index (κ2) is 4.02. The largest absolute Gasteiger partial charge is 0.0625 e. The second-order valence-corrected chi connectivity index (χ2v) is 5.70. The smallest absolute Gasteiger partial charge is 0.0360 e. The normalized spacial score (nSPS) is 46.8. The van der Waals surface area contributed by atoms with Gasteiger partial charge in [0.2, 0.25) is 0 Å². The van der Waals surface area contributed by atoms with E-state index in [4.69, 9.17) is 0 Å². The lowest BCUT2D eigenvalue weighted by atomic mass is 9.61. The molecular weight excluding hydrogens is 156 g/mol. The van der Waals surface area contributed by atoms with Crippen molar-refractivity contribution >= 4 is 0 Å². The molecule has 1 saturated carbocycles. The molecule has 0 bridgehead atoms. The van der Waals surface area contributed by atoms with E-state index in [9.17, 15) is 0 Å². The first kappa shape index (κ1) is 11.1. The third kappa shape index (κ3) is 2.08. The Labute approximate surface area is 84.1 Å². The number of hydrogen-bond donors (Lipinski definition) is 0. The van der Waals surface area contributed by atoms with E-state index in [1.807, 2.05) is 0 Å². The van der Waals surface area contributed by atoms with Crippen molar-refractivity contribution in [3.8, 4) is 0 Å². The summed E-state index contributed by atoms with van der Waals surface area (Å²) in [6, 6.07) is 0. The molecule has 0 aliphatic heterocycles. The van der Waals surface area contributed by atoms with Crippen LogP contribution in [-0.4, -0.2) is 0 Å². The van der Waals surface area contributed by atoms with Crippen molar-refractivity contribution in [2.75, 3.05) is 0 Å². The molecule has 0 radical (unpaired) electrons. The van der Waals surface area contributed by atoms with Crippen LogP contribution >= 0.6 is 0 Å². The van der Waals surface area contributed by atoms with E-state index in [2.05, 4.69) is 41.5 Å². The molecule has 13 heavy (non-hydrogen) atoms. The van der Waals surface area contributed by atoms with Crippen LogP contribution in [0.3, 0.4) is 0 Å². The van der Waals surface area contributed by atoms with Gasteiger partial charge in [0, 0.05) is 0 Å². The molecule has 5 unspecified atom stereocenters. The van der Waals surface area contributed by atoms with Gasteiger partial charge in [0.05, 0.1) is 0 Å². The molecule has 0 N–H and O–H groups in total. The average molecular weight is 182 g/mol. The van der Waals surface area contributed by atoms with Crippen LogP contribution in [0.25, 0.3) is 0 Å². The van der Waals surface area contributed by atoms with Crippen LogP contribution in [-0.2, 0) is 0 Å². The quantitative estimate of drug-likeness (QED) is 0.570. The van der Waals surface area contributed by atoms with Crippen LogP contribution in [0.5, 0.6) is 0 Å². The Hall–Kier alpha value is 0. The molecule has 0 nitrogen and oxygen atoms in total. The van der Waals surface area contributed by atoms with Gasteiger partial charge in [-0.3, -0.25) is 0 Å². The van der Waals surface area contributed by atoms with E-state index in [0.717, 1.165) is 35.5 Å². The van der Waals surface area contributed by atoms with Gasteiger partial charge in [0.1, 0.15) is 0 Å². The molecule has 0 aromatic rings. The van der Waals surface area contributed by atoms with Crippen LogP contribution in [0.1, 0.15) is 48.0 Å². The van der Waals surface area contributed by atoms with Crippen molar-refractivity contribution < 1.29 is 0 Å². The van der Waals surface area contributed by atoms with Gasteiger partial charge in [-0.05, 0) is 41.9 Å². The Morgan fingerprint density at radius 2 is 1.38 bits per heavy atom. The zero-order chi connectivity index (χ0) is 10.2. The van der Waals surface area contributed by atoms with Gasteiger partial charge >= 0.3 is 0 Å². The molecule has 0 heteroatoms. The molecule has 0 spiro atoms. The SMILES string of the molecule is CC(C)C1CC(C)C(C)C(C)C1C. The minimum absolute atomic E-state index is 0.868. The van der Waals surface area contributed by atoms with Gasteiger partial charge in [-0.1, -0.05) is 41.5 Å². The van der Waals surface area contributed by atoms with E-state index in [0.29, 0.717) is 0 Å². The molecule has 0 aromatic heterocycles. The average Bonchev–Trinajstić information content (AvgIpc) is 2.07. The van der Waals surface area contributed by atoms with Crippen molar-refractivity contribution in [1.29, 1.82) is 0 Å². The predicted molar refractivity (Wildman–Crippen MR) is 59.6 cm³/mol. The molecule has 1 aliphatic rings. The highest BCUT2D eigenvalue weighted by atomic mass is 14.4. The van der Waals surface area contributed by atoms with Crippen LogP contribution in [0.4, 0.5) is 0 Å². The fourth-order valence-electron chi connectivity index (χ4n) is 3.12. The lowest BCUT2D eigenvalue weighted by Gasteiger charge is -2.44. The van der Waals surface area contributed by atoms with E-state index in [1.54, 1.807) is 0 Å². The monoisotopic (exact) mass is 182 g/mol. The summed E-state index contributed by atoms with van der Waals surface area (Å²) >= 11 is 0. The molecule has 0 heterocycles. The fraction of sp³-hybridized carbons (Fsp3) is 1.00. The zero-order valence-corrected chi connectivity index (χ0v) is 10.2. The Bertz CT molecular complexity index is 159. The number of rotatable bonds is 1. The van der Waals surface area contributed by atoms with Gasteiger partial charge in [-0.2, -0.15) is 0 Å². The topological polar surface area (TPSA) is 0 Å². The van der Waals surface area contributed by atoms with E-state index in [-0.39, 0.29) is 0 Å². The molecule has 78 valence electrons. The first-order valence-corrected chi connectivity index (χ1v) is 5.95. The molecule has 0 amide bonds. The second-order valence-electron chi connectivity index (χ2n) is 5.70. The standard InChI is InChI=1S/C13H26/c1-8(2)13-7-9(3)10(4)11(5)12(13)6/h8-13H,7H2,1-6H3. The minimum atomic E-state index is 0.868. The van der Waals surface area contributed by atoms with Crippen molar-refractivity contribution in [2.45, 2.75) is 48.0 Å². The summed E-state index contributed by atoms with van der Waals surface area (Å²) in [5.74, 6) is 5.51. The molecule has 0 saturated heterocycles. The molecule has 0 aromatic carbocycles. The third-order valence-electron chi connectivity index (χ3n) is 4.73. The Morgan fingerprint density at radius 1 is 0.846 bits per heavy atom. The third-order valence-corrected chi connectivity index (χ3v) is 4.73. The highest BCUT2D eigenvalue weighted by molar-refractivity contribution is 4.85. The first-order chi connectivity index (χ1) is 5.95. The predicted octanol–water partition coefficient (Wildman–Crippen LogP) is 4.21. The Kier molecular flexibility index (Phi) is 3.43. The van der Waals surface area contributed by atoms with Gasteiger partial charge < -0.3 is 0 Å². The van der Waals surface area contributed by atoms with E-state index >= 15 is 0 Å². The highest BCUT2D eigenvalue weighted by Gasteiger charge is 2.36. The Morgan fingerprint density at radius 3 is 1.85 bits per heavy atom. The first-order valence-electron chi connectivity index (χ1n) is 5.95. The van der Waals surface area contributed by atoms with Crippen molar-refractivity contribution in [3.05, 3.63) is 0 Å². The summed E-state index contributed by atoms with van der Waals surface area (Å²) in [6.45, 7) is 14.5. The Balaban J connectivity index is 2.70. The van der Waals surface area contributed by atoms with E-state index < -0.39 is 0 Å².